The Labute approximate surface area is 178 Å². The summed E-state index contributed by atoms with van der Waals surface area (Å²) in [5, 5.41) is 4.67. The number of hydrogen-bond acceptors (Lipinski definition) is 5. The summed E-state index contributed by atoms with van der Waals surface area (Å²) in [6.45, 7) is 1.73. The molecule has 2 aromatic carbocycles. The molecule has 3 aromatic rings. The maximum absolute atomic E-state index is 5.91. The fraction of sp³-hybridized carbons (Fsp3) is 0.360. The van der Waals surface area contributed by atoms with E-state index in [9.17, 15) is 0 Å². The molecule has 0 amide bonds. The van der Waals surface area contributed by atoms with Crippen molar-refractivity contribution >= 4 is 28.9 Å². The second-order valence-corrected chi connectivity index (χ2v) is 8.07. The molecule has 1 aliphatic rings. The van der Waals surface area contributed by atoms with E-state index in [1.165, 1.54) is 25.7 Å². The minimum absolute atomic E-state index is 0.652. The van der Waals surface area contributed by atoms with Crippen LogP contribution in [0.25, 0.3) is 23.1 Å². The number of para-hydroxylation sites is 1. The minimum Gasteiger partial charge on any atom is -0.497 e. The van der Waals surface area contributed by atoms with Crippen molar-refractivity contribution in [1.29, 1.82) is 0 Å². The Morgan fingerprint density at radius 1 is 1.03 bits per heavy atom. The molecular formula is C25H30N4O. The van der Waals surface area contributed by atoms with Crippen LogP contribution < -0.4 is 15.8 Å². The van der Waals surface area contributed by atoms with Crippen LogP contribution in [0.2, 0.25) is 0 Å². The molecule has 3 N–H and O–H groups in total. The molecule has 0 aliphatic heterocycles. The molecule has 30 heavy (non-hydrogen) atoms. The number of methoxy groups -OCH3 is 1. The molecule has 5 nitrogen and oxygen atoms in total. The zero-order valence-corrected chi connectivity index (χ0v) is 17.6. The highest BCUT2D eigenvalue weighted by atomic mass is 16.5. The number of nitrogens with one attached hydrogen (secondary N) is 1. The van der Waals surface area contributed by atoms with Gasteiger partial charge in [0.25, 0.3) is 0 Å². The Morgan fingerprint density at radius 3 is 2.63 bits per heavy atom. The molecule has 0 saturated heterocycles. The van der Waals surface area contributed by atoms with E-state index in [4.69, 9.17) is 20.4 Å². The van der Waals surface area contributed by atoms with Gasteiger partial charge in [-0.3, -0.25) is 0 Å². The summed E-state index contributed by atoms with van der Waals surface area (Å²) in [5.74, 6) is 3.77. The zero-order valence-electron chi connectivity index (χ0n) is 17.6. The monoisotopic (exact) mass is 402 g/mol. The van der Waals surface area contributed by atoms with Crippen molar-refractivity contribution in [2.75, 3.05) is 25.5 Å². The summed E-state index contributed by atoms with van der Waals surface area (Å²) in [6, 6.07) is 16.1. The third-order valence-corrected chi connectivity index (χ3v) is 5.94. The van der Waals surface area contributed by atoms with E-state index in [1.54, 1.807) is 7.11 Å². The van der Waals surface area contributed by atoms with E-state index in [0.29, 0.717) is 17.7 Å². The standard InChI is InChI=1S/C25H30N4O/c1-30-21-12-9-18(10-13-21)11-14-24-28-23-8-3-2-7-22(23)25(29-24)27-17-20-6-4-5-19(15-20)16-26/h2-3,7-14,19-20H,4-6,15-17,26H2,1H3,(H,27,28,29). The van der Waals surface area contributed by atoms with E-state index < -0.39 is 0 Å². The van der Waals surface area contributed by atoms with Crippen LogP contribution in [0, 0.1) is 11.8 Å². The van der Waals surface area contributed by atoms with Gasteiger partial charge < -0.3 is 15.8 Å². The minimum atomic E-state index is 0.652. The number of fused-ring (bicyclic) bond motifs is 1. The molecule has 156 valence electrons. The molecule has 4 rings (SSSR count). The molecule has 1 aromatic heterocycles. The highest BCUT2D eigenvalue weighted by molar-refractivity contribution is 5.90. The summed E-state index contributed by atoms with van der Waals surface area (Å²) < 4.78 is 5.22. The van der Waals surface area contributed by atoms with Gasteiger partial charge in [0.15, 0.2) is 5.82 Å². The predicted molar refractivity (Wildman–Crippen MR) is 124 cm³/mol. The number of nitrogens with two attached hydrogens (primary N) is 1. The molecule has 5 heteroatoms. The second-order valence-electron chi connectivity index (χ2n) is 8.07. The van der Waals surface area contributed by atoms with Gasteiger partial charge in [-0.05, 0) is 73.5 Å². The van der Waals surface area contributed by atoms with Gasteiger partial charge in [-0.1, -0.05) is 36.8 Å². The molecule has 1 fully saturated rings. The Bertz CT molecular complexity index is 1000. The fourth-order valence-corrected chi connectivity index (χ4v) is 4.23. The zero-order chi connectivity index (χ0) is 20.8. The van der Waals surface area contributed by atoms with E-state index in [2.05, 4.69) is 11.4 Å². The van der Waals surface area contributed by atoms with Crippen LogP contribution in [-0.2, 0) is 0 Å². The Hall–Kier alpha value is -2.92. The maximum Gasteiger partial charge on any atom is 0.154 e. The van der Waals surface area contributed by atoms with Gasteiger partial charge in [0.05, 0.1) is 12.6 Å². The number of aromatic nitrogens is 2. The normalized spacial score (nSPS) is 19.3. The summed E-state index contributed by atoms with van der Waals surface area (Å²) in [4.78, 5) is 9.54. The van der Waals surface area contributed by atoms with Gasteiger partial charge in [-0.15, -0.1) is 0 Å². The van der Waals surface area contributed by atoms with Crippen LogP contribution in [0.5, 0.6) is 5.75 Å². The Kier molecular flexibility index (Phi) is 6.60. The topological polar surface area (TPSA) is 73.1 Å². The number of anilines is 1. The van der Waals surface area contributed by atoms with Crippen molar-refractivity contribution in [1.82, 2.24) is 9.97 Å². The molecular weight excluding hydrogens is 372 g/mol. The van der Waals surface area contributed by atoms with Crippen LogP contribution in [0.3, 0.4) is 0 Å². The first-order valence-corrected chi connectivity index (χ1v) is 10.8. The molecule has 2 atom stereocenters. The van der Waals surface area contributed by atoms with E-state index in [1.807, 2.05) is 54.6 Å². The number of hydrogen-bond donors (Lipinski definition) is 2. The van der Waals surface area contributed by atoms with Crippen molar-refractivity contribution in [3.63, 3.8) is 0 Å². The van der Waals surface area contributed by atoms with E-state index >= 15 is 0 Å². The van der Waals surface area contributed by atoms with E-state index in [0.717, 1.165) is 41.1 Å². The highest BCUT2D eigenvalue weighted by Gasteiger charge is 2.21. The predicted octanol–water partition coefficient (Wildman–Crippen LogP) is 4.99. The van der Waals surface area contributed by atoms with Gasteiger partial charge in [0.2, 0.25) is 0 Å². The molecule has 1 heterocycles. The van der Waals surface area contributed by atoms with Gasteiger partial charge in [-0.2, -0.15) is 0 Å². The first-order valence-electron chi connectivity index (χ1n) is 10.8. The Balaban J connectivity index is 1.53. The lowest BCUT2D eigenvalue weighted by atomic mass is 9.81. The first kappa shape index (κ1) is 20.4. The van der Waals surface area contributed by atoms with Crippen LogP contribution in [0.4, 0.5) is 5.82 Å². The second kappa shape index (κ2) is 9.72. The first-order chi connectivity index (χ1) is 14.7. The van der Waals surface area contributed by atoms with Crippen LogP contribution in [0.1, 0.15) is 37.1 Å². The third kappa shape index (κ3) is 4.97. The van der Waals surface area contributed by atoms with Crippen molar-refractivity contribution < 1.29 is 4.74 Å². The van der Waals surface area contributed by atoms with Crippen molar-refractivity contribution in [3.05, 3.63) is 59.9 Å². The van der Waals surface area contributed by atoms with Crippen LogP contribution in [0.15, 0.2) is 48.5 Å². The highest BCUT2D eigenvalue weighted by Crippen LogP contribution is 2.29. The summed E-state index contributed by atoms with van der Waals surface area (Å²) >= 11 is 0. The average Bonchev–Trinajstić information content (AvgIpc) is 2.81. The largest absolute Gasteiger partial charge is 0.497 e. The molecule has 0 radical (unpaired) electrons. The maximum atomic E-state index is 5.91. The number of rotatable bonds is 7. The molecule has 0 spiro atoms. The Morgan fingerprint density at radius 2 is 1.83 bits per heavy atom. The van der Waals surface area contributed by atoms with Crippen molar-refractivity contribution in [3.8, 4) is 5.75 Å². The lowest BCUT2D eigenvalue weighted by molar-refractivity contribution is 0.281. The number of ether oxygens (including phenoxy) is 1. The van der Waals surface area contributed by atoms with Gasteiger partial charge in [-0.25, -0.2) is 9.97 Å². The molecule has 0 bridgehead atoms. The molecule has 1 aliphatic carbocycles. The van der Waals surface area contributed by atoms with Crippen molar-refractivity contribution in [2.24, 2.45) is 17.6 Å². The SMILES string of the molecule is COc1ccc(C=Cc2nc(NCC3CCCC(CN)C3)c3ccccc3n2)cc1. The van der Waals surface area contributed by atoms with Gasteiger partial charge in [0, 0.05) is 11.9 Å². The third-order valence-electron chi connectivity index (χ3n) is 5.94. The average molecular weight is 403 g/mol. The quantitative estimate of drug-likeness (QED) is 0.583. The van der Waals surface area contributed by atoms with Gasteiger partial charge >= 0.3 is 0 Å². The smallest absolute Gasteiger partial charge is 0.154 e. The lowest BCUT2D eigenvalue weighted by Crippen LogP contribution is -2.26. The van der Waals surface area contributed by atoms with Crippen LogP contribution in [-0.4, -0.2) is 30.2 Å². The molecule has 1 saturated carbocycles. The van der Waals surface area contributed by atoms with E-state index in [-0.39, 0.29) is 0 Å². The van der Waals surface area contributed by atoms with Crippen LogP contribution >= 0.6 is 0 Å². The summed E-state index contributed by atoms with van der Waals surface area (Å²) in [6.07, 6.45) is 9.00. The fourth-order valence-electron chi connectivity index (χ4n) is 4.23. The number of benzene rings is 2. The summed E-state index contributed by atoms with van der Waals surface area (Å²) in [5.41, 5.74) is 7.94. The molecule has 2 unspecified atom stereocenters. The summed E-state index contributed by atoms with van der Waals surface area (Å²) in [7, 11) is 1.67. The lowest BCUT2D eigenvalue weighted by Gasteiger charge is -2.28. The van der Waals surface area contributed by atoms with Gasteiger partial charge in [0.1, 0.15) is 11.6 Å². The van der Waals surface area contributed by atoms with Crippen molar-refractivity contribution in [2.45, 2.75) is 25.7 Å². The number of nitrogens with zero attached hydrogens (tertiary/aromatic N) is 2.